The van der Waals surface area contributed by atoms with Gasteiger partial charge in [-0.1, -0.05) is 60.1 Å². The van der Waals surface area contributed by atoms with Gasteiger partial charge in [0.25, 0.3) is 11.8 Å². The Morgan fingerprint density at radius 1 is 1.03 bits per heavy atom. The quantitative estimate of drug-likeness (QED) is 0.610. The Hall–Kier alpha value is -2.89. The third-order valence-corrected chi connectivity index (χ3v) is 5.67. The van der Waals surface area contributed by atoms with Crippen molar-refractivity contribution in [2.75, 3.05) is 30.4 Å². The number of nitrogens with one attached hydrogen (secondary N) is 2. The van der Waals surface area contributed by atoms with Gasteiger partial charge in [-0.15, -0.1) is 0 Å². The van der Waals surface area contributed by atoms with Gasteiger partial charge < -0.3 is 15.1 Å². The van der Waals surface area contributed by atoms with E-state index >= 15 is 0 Å². The molecule has 0 bridgehead atoms. The van der Waals surface area contributed by atoms with E-state index in [0.29, 0.717) is 17.3 Å². The molecule has 0 radical (unpaired) electrons. The van der Waals surface area contributed by atoms with Gasteiger partial charge in [0.1, 0.15) is 0 Å². The van der Waals surface area contributed by atoms with Crippen LogP contribution in [0, 0.1) is 0 Å². The molecular formula is C24H27ClN3O2+. The summed E-state index contributed by atoms with van der Waals surface area (Å²) in [5.41, 5.74) is 1.46. The Morgan fingerprint density at radius 3 is 2.43 bits per heavy atom. The van der Waals surface area contributed by atoms with Gasteiger partial charge in [-0.2, -0.15) is 0 Å². The van der Waals surface area contributed by atoms with Crippen molar-refractivity contribution in [2.45, 2.75) is 19.9 Å². The Bertz CT molecular complexity index is 1050. The Labute approximate surface area is 182 Å². The maximum atomic E-state index is 13.3. The molecule has 2 atom stereocenters. The summed E-state index contributed by atoms with van der Waals surface area (Å²) >= 11 is 6.11. The minimum atomic E-state index is -0.388. The number of likely N-dealkylation sites (N-methyl/N-ethyl adjacent to an activating group) is 2. The molecule has 3 aromatic rings. The van der Waals surface area contributed by atoms with E-state index in [1.54, 1.807) is 17.0 Å². The van der Waals surface area contributed by atoms with Crippen LogP contribution in [0.5, 0.6) is 0 Å². The van der Waals surface area contributed by atoms with Crippen LogP contribution in [0.2, 0.25) is 5.02 Å². The number of carbonyl (C=O) groups is 2. The van der Waals surface area contributed by atoms with Crippen molar-refractivity contribution < 1.29 is 14.5 Å². The van der Waals surface area contributed by atoms with Crippen LogP contribution in [-0.4, -0.2) is 38.0 Å². The molecule has 3 rings (SSSR count). The summed E-state index contributed by atoms with van der Waals surface area (Å²) in [5.74, 6) is -0.203. The van der Waals surface area contributed by atoms with Gasteiger partial charge in [-0.25, -0.2) is 0 Å². The first-order valence-electron chi connectivity index (χ1n) is 10.1. The lowest BCUT2D eigenvalue weighted by atomic mass is 10.1. The molecule has 0 fully saturated rings. The maximum absolute atomic E-state index is 13.3. The van der Waals surface area contributed by atoms with Crippen molar-refractivity contribution in [3.05, 3.63) is 71.8 Å². The Morgan fingerprint density at radius 2 is 1.70 bits per heavy atom. The second kappa shape index (κ2) is 9.74. The fourth-order valence-corrected chi connectivity index (χ4v) is 3.68. The number of anilines is 2. The molecule has 2 N–H and O–H groups in total. The molecule has 0 aliphatic carbocycles. The highest BCUT2D eigenvalue weighted by molar-refractivity contribution is 6.33. The molecule has 0 aliphatic rings. The molecule has 1 unspecified atom stereocenters. The summed E-state index contributed by atoms with van der Waals surface area (Å²) in [6, 6.07) is 20.7. The zero-order valence-corrected chi connectivity index (χ0v) is 18.2. The predicted octanol–water partition coefficient (Wildman–Crippen LogP) is 3.39. The summed E-state index contributed by atoms with van der Waals surface area (Å²) in [6.07, 6.45) is 0. The highest BCUT2D eigenvalue weighted by Crippen LogP contribution is 2.27. The molecule has 0 aliphatic heterocycles. The molecule has 5 nitrogen and oxygen atoms in total. The summed E-state index contributed by atoms with van der Waals surface area (Å²) in [6.45, 7) is 4.53. The first-order valence-corrected chi connectivity index (χ1v) is 10.5. The van der Waals surface area contributed by atoms with Crippen molar-refractivity contribution in [3.63, 3.8) is 0 Å². The zero-order valence-electron chi connectivity index (χ0n) is 17.5. The number of quaternary nitrogens is 1. The summed E-state index contributed by atoms with van der Waals surface area (Å²) in [4.78, 5) is 28.4. The van der Waals surface area contributed by atoms with Crippen LogP contribution in [0.15, 0.2) is 66.7 Å². The fraction of sp³-hybridized carbons (Fsp3) is 0.250. The maximum Gasteiger partial charge on any atom is 0.284 e. The third-order valence-electron chi connectivity index (χ3n) is 5.34. The van der Waals surface area contributed by atoms with E-state index in [1.165, 1.54) is 0 Å². The minimum Gasteiger partial charge on any atom is -0.320 e. The van der Waals surface area contributed by atoms with Crippen LogP contribution in [0.3, 0.4) is 0 Å². The van der Waals surface area contributed by atoms with Gasteiger partial charge >= 0.3 is 0 Å². The third kappa shape index (κ3) is 4.81. The molecule has 30 heavy (non-hydrogen) atoms. The second-order valence-corrected chi connectivity index (χ2v) is 7.76. The average Bonchev–Trinajstić information content (AvgIpc) is 2.75. The number of para-hydroxylation sites is 1. The second-order valence-electron chi connectivity index (χ2n) is 7.35. The van der Waals surface area contributed by atoms with Crippen LogP contribution in [-0.2, 0) is 9.59 Å². The number of fused-ring (bicyclic) bond motifs is 1. The number of nitrogens with zero attached hydrogens (tertiary/aromatic N) is 1. The number of amides is 2. The van der Waals surface area contributed by atoms with Gasteiger partial charge in [0.2, 0.25) is 0 Å². The van der Waals surface area contributed by atoms with Crippen LogP contribution >= 0.6 is 11.6 Å². The number of hydrogen-bond acceptors (Lipinski definition) is 2. The normalized spacial score (nSPS) is 12.9. The zero-order chi connectivity index (χ0) is 21.7. The molecule has 156 valence electrons. The van der Waals surface area contributed by atoms with E-state index < -0.39 is 0 Å². The Kier molecular flexibility index (Phi) is 7.08. The summed E-state index contributed by atoms with van der Waals surface area (Å²) in [5, 5.41) is 5.43. The summed E-state index contributed by atoms with van der Waals surface area (Å²) in [7, 11) is 1.85. The van der Waals surface area contributed by atoms with Crippen molar-refractivity contribution in [1.29, 1.82) is 0 Å². The number of benzene rings is 3. The summed E-state index contributed by atoms with van der Waals surface area (Å²) < 4.78 is 0. The predicted molar refractivity (Wildman–Crippen MR) is 123 cm³/mol. The first kappa shape index (κ1) is 21.8. The molecule has 0 spiro atoms. The van der Waals surface area contributed by atoms with Crippen LogP contribution in [0.1, 0.15) is 13.8 Å². The molecule has 3 aromatic carbocycles. The fourth-order valence-electron chi connectivity index (χ4n) is 3.50. The van der Waals surface area contributed by atoms with Gasteiger partial charge in [0.05, 0.1) is 23.4 Å². The first-order chi connectivity index (χ1) is 14.4. The number of halogens is 1. The topological polar surface area (TPSA) is 53.9 Å². The molecule has 0 heterocycles. The molecule has 0 saturated carbocycles. The van der Waals surface area contributed by atoms with Crippen molar-refractivity contribution in [2.24, 2.45) is 0 Å². The lowest BCUT2D eigenvalue weighted by molar-refractivity contribution is -0.885. The SMILES string of the molecule is CCN(C(=O)[C@H](C)[NH+](C)CC(=O)Nc1ccccc1Cl)c1cccc2ccccc12. The number of carbonyl (C=O) groups excluding carboxylic acids is 2. The highest BCUT2D eigenvalue weighted by atomic mass is 35.5. The Balaban J connectivity index is 1.72. The van der Waals surface area contributed by atoms with Gasteiger partial charge in [0.15, 0.2) is 12.6 Å². The van der Waals surface area contributed by atoms with E-state index in [0.717, 1.165) is 21.4 Å². The average molecular weight is 425 g/mol. The molecular weight excluding hydrogens is 398 g/mol. The molecule has 0 aromatic heterocycles. The lowest BCUT2D eigenvalue weighted by Crippen LogP contribution is -3.15. The van der Waals surface area contributed by atoms with E-state index in [4.69, 9.17) is 11.6 Å². The van der Waals surface area contributed by atoms with Crippen molar-refractivity contribution >= 4 is 45.6 Å². The van der Waals surface area contributed by atoms with E-state index in [9.17, 15) is 9.59 Å². The van der Waals surface area contributed by atoms with Gasteiger partial charge in [0, 0.05) is 11.9 Å². The van der Waals surface area contributed by atoms with E-state index in [-0.39, 0.29) is 24.4 Å². The monoisotopic (exact) mass is 424 g/mol. The highest BCUT2D eigenvalue weighted by Gasteiger charge is 2.29. The number of rotatable bonds is 7. The number of hydrogen-bond donors (Lipinski definition) is 2. The molecule has 6 heteroatoms. The molecule has 2 amide bonds. The molecule has 0 saturated heterocycles. The van der Waals surface area contributed by atoms with Crippen LogP contribution < -0.4 is 15.1 Å². The van der Waals surface area contributed by atoms with Crippen molar-refractivity contribution in [1.82, 2.24) is 0 Å². The minimum absolute atomic E-state index is 0.0168. The van der Waals surface area contributed by atoms with Gasteiger partial charge in [-0.05, 0) is 37.4 Å². The van der Waals surface area contributed by atoms with E-state index in [1.807, 2.05) is 75.5 Å². The van der Waals surface area contributed by atoms with Crippen LogP contribution in [0.4, 0.5) is 11.4 Å². The largest absolute Gasteiger partial charge is 0.320 e. The van der Waals surface area contributed by atoms with Crippen LogP contribution in [0.25, 0.3) is 10.8 Å². The lowest BCUT2D eigenvalue weighted by Gasteiger charge is -2.28. The van der Waals surface area contributed by atoms with Crippen molar-refractivity contribution in [3.8, 4) is 0 Å². The standard InChI is InChI=1S/C24H26ClN3O2/c1-4-28(22-15-9-11-18-10-5-6-12-19(18)22)24(30)17(2)27(3)16-23(29)26-21-14-8-7-13-20(21)25/h5-15,17H,4,16H2,1-3H3,(H,26,29)/p+1/t17-/m0/s1. The van der Waals surface area contributed by atoms with Gasteiger partial charge in [-0.3, -0.25) is 9.59 Å². The smallest absolute Gasteiger partial charge is 0.284 e. The van der Waals surface area contributed by atoms with E-state index in [2.05, 4.69) is 5.32 Å².